The van der Waals surface area contributed by atoms with Gasteiger partial charge in [0.2, 0.25) is 0 Å². The number of halogens is 4. The molecule has 1 aromatic carbocycles. The van der Waals surface area contributed by atoms with Crippen molar-refractivity contribution in [1.82, 2.24) is 20.1 Å². The van der Waals surface area contributed by atoms with E-state index in [1.165, 1.54) is 19.9 Å². The molecule has 0 bridgehead atoms. The zero-order valence-electron chi connectivity index (χ0n) is 22.1. The molecule has 3 heterocycles. The molecule has 0 aliphatic carbocycles. The van der Waals surface area contributed by atoms with Gasteiger partial charge in [-0.15, -0.1) is 0 Å². The lowest BCUT2D eigenvalue weighted by atomic mass is 9.72. The van der Waals surface area contributed by atoms with Crippen LogP contribution in [0.15, 0.2) is 24.3 Å². The number of hydrogen-bond acceptors (Lipinski definition) is 6. The minimum absolute atomic E-state index is 0.0415. The molecule has 12 heteroatoms. The summed E-state index contributed by atoms with van der Waals surface area (Å²) < 4.78 is 44.6. The van der Waals surface area contributed by atoms with Gasteiger partial charge in [0.25, 0.3) is 0 Å². The number of nitrogens with zero attached hydrogens (tertiary/aromatic N) is 3. The fraction of sp³-hybridized carbons (Fsp3) is 0.444. The van der Waals surface area contributed by atoms with Gasteiger partial charge in [0.1, 0.15) is 17.5 Å². The third kappa shape index (κ3) is 6.05. The first-order valence-electron chi connectivity index (χ1n) is 12.5. The van der Waals surface area contributed by atoms with Gasteiger partial charge >= 0.3 is 5.97 Å². The van der Waals surface area contributed by atoms with E-state index in [0.717, 1.165) is 17.8 Å². The van der Waals surface area contributed by atoms with Crippen LogP contribution in [0.3, 0.4) is 0 Å². The topological polar surface area (TPSA) is 114 Å². The zero-order valence-corrected chi connectivity index (χ0v) is 22.8. The van der Waals surface area contributed by atoms with E-state index in [0.29, 0.717) is 5.82 Å². The molecule has 4 N–H and O–H groups in total. The standard InChI is InChI=1S/C27H31ClF3N5O3/c1-14-9-22(35-34-14)33-21-10-17(26(3,4)39)24(31)20(32-21)12-27(25(37)38)7-8-36(15(2)11-27)13-16-19(29)6-5-18(28)23(16)30/h5-6,9-10,15,39H,7-8,11-13H2,1-4H3,(H,37,38)(H2,32,33,34,35)/t15-,27-/m1/s1. The Hall–Kier alpha value is -3.15. The molecule has 8 nitrogen and oxygen atoms in total. The number of piperidine rings is 1. The number of benzene rings is 1. The summed E-state index contributed by atoms with van der Waals surface area (Å²) in [4.78, 5) is 18.8. The lowest BCUT2D eigenvalue weighted by Gasteiger charge is -2.43. The number of likely N-dealkylation sites (tertiary alicyclic amines) is 1. The summed E-state index contributed by atoms with van der Waals surface area (Å²) in [5.41, 5.74) is -2.52. The Morgan fingerprint density at radius 2 is 1.97 bits per heavy atom. The third-order valence-electron chi connectivity index (χ3n) is 7.29. The van der Waals surface area contributed by atoms with Gasteiger partial charge < -0.3 is 15.5 Å². The van der Waals surface area contributed by atoms with Crippen LogP contribution < -0.4 is 5.32 Å². The first-order chi connectivity index (χ1) is 18.2. The first kappa shape index (κ1) is 28.8. The van der Waals surface area contributed by atoms with Crippen molar-refractivity contribution in [2.75, 3.05) is 11.9 Å². The SMILES string of the molecule is Cc1cc(Nc2cc(C(C)(C)O)c(F)c(C[C@@]3(C(=O)O)CCN(Cc4c(F)ccc(Cl)c4F)[C@H](C)C3)n2)n[nH]1. The number of anilines is 2. The van der Waals surface area contributed by atoms with E-state index in [1.54, 1.807) is 17.9 Å². The fourth-order valence-corrected chi connectivity index (χ4v) is 5.28. The quantitative estimate of drug-likeness (QED) is 0.268. The lowest BCUT2D eigenvalue weighted by molar-refractivity contribution is -0.153. The van der Waals surface area contributed by atoms with Crippen LogP contribution in [0.4, 0.5) is 24.8 Å². The molecule has 1 aliphatic heterocycles. The van der Waals surface area contributed by atoms with E-state index >= 15 is 4.39 Å². The minimum Gasteiger partial charge on any atom is -0.481 e. The van der Waals surface area contributed by atoms with Gasteiger partial charge in [-0.05, 0) is 65.3 Å². The van der Waals surface area contributed by atoms with Crippen molar-refractivity contribution in [2.24, 2.45) is 5.41 Å². The molecule has 1 fully saturated rings. The second-order valence-corrected chi connectivity index (χ2v) is 11.2. The molecular weight excluding hydrogens is 535 g/mol. The van der Waals surface area contributed by atoms with Crippen molar-refractivity contribution in [3.05, 3.63) is 69.3 Å². The van der Waals surface area contributed by atoms with Gasteiger partial charge in [-0.3, -0.25) is 14.8 Å². The molecule has 0 saturated carbocycles. The van der Waals surface area contributed by atoms with E-state index in [-0.39, 0.29) is 60.0 Å². The lowest BCUT2D eigenvalue weighted by Crippen LogP contribution is -2.50. The Kier molecular flexibility index (Phi) is 7.98. The van der Waals surface area contributed by atoms with Gasteiger partial charge in [-0.1, -0.05) is 11.6 Å². The molecule has 1 saturated heterocycles. The molecule has 0 amide bonds. The third-order valence-corrected chi connectivity index (χ3v) is 7.59. The normalized spacial score (nSPS) is 20.3. The predicted molar refractivity (Wildman–Crippen MR) is 140 cm³/mol. The van der Waals surface area contributed by atoms with Crippen LogP contribution in [-0.4, -0.2) is 48.9 Å². The van der Waals surface area contributed by atoms with Crippen molar-refractivity contribution in [1.29, 1.82) is 0 Å². The predicted octanol–water partition coefficient (Wildman–Crippen LogP) is 5.45. The maximum Gasteiger partial charge on any atom is 0.310 e. The number of carboxylic acid groups (broad SMARTS) is 1. The molecule has 0 unspecified atom stereocenters. The van der Waals surface area contributed by atoms with E-state index < -0.39 is 40.5 Å². The van der Waals surface area contributed by atoms with Gasteiger partial charge in [0.15, 0.2) is 11.6 Å². The maximum atomic E-state index is 15.7. The maximum absolute atomic E-state index is 15.7. The number of hydrogen-bond donors (Lipinski definition) is 4. The highest BCUT2D eigenvalue weighted by molar-refractivity contribution is 6.30. The van der Waals surface area contributed by atoms with E-state index in [2.05, 4.69) is 20.5 Å². The van der Waals surface area contributed by atoms with Gasteiger partial charge in [0, 0.05) is 41.9 Å². The Labute approximate surface area is 229 Å². The van der Waals surface area contributed by atoms with Crippen molar-refractivity contribution in [3.8, 4) is 0 Å². The van der Waals surface area contributed by atoms with Crippen LogP contribution >= 0.6 is 11.6 Å². The number of rotatable bonds is 8. The average molecular weight is 566 g/mol. The molecule has 3 aromatic rings. The second kappa shape index (κ2) is 10.8. The summed E-state index contributed by atoms with van der Waals surface area (Å²) in [7, 11) is 0. The number of carboxylic acids is 1. The smallest absolute Gasteiger partial charge is 0.310 e. The van der Waals surface area contributed by atoms with Crippen molar-refractivity contribution in [3.63, 3.8) is 0 Å². The first-order valence-corrected chi connectivity index (χ1v) is 12.9. The van der Waals surface area contributed by atoms with Gasteiger partial charge in [0.05, 0.1) is 21.7 Å². The van der Waals surface area contributed by atoms with Crippen LogP contribution in [-0.2, 0) is 23.4 Å². The summed E-state index contributed by atoms with van der Waals surface area (Å²) in [6, 6.07) is 4.92. The van der Waals surface area contributed by atoms with Crippen LogP contribution in [0.2, 0.25) is 5.02 Å². The molecule has 2 atom stereocenters. The van der Waals surface area contributed by atoms with Crippen LogP contribution in [0.5, 0.6) is 0 Å². The van der Waals surface area contributed by atoms with Crippen LogP contribution in [0.1, 0.15) is 56.1 Å². The Morgan fingerprint density at radius 1 is 1.26 bits per heavy atom. The van der Waals surface area contributed by atoms with E-state index in [9.17, 15) is 23.8 Å². The number of aryl methyl sites for hydroxylation is 1. The fourth-order valence-electron chi connectivity index (χ4n) is 5.10. The Bertz CT molecular complexity index is 1390. The van der Waals surface area contributed by atoms with Gasteiger partial charge in [-0.2, -0.15) is 5.10 Å². The highest BCUT2D eigenvalue weighted by atomic mass is 35.5. The van der Waals surface area contributed by atoms with Crippen LogP contribution in [0, 0.1) is 29.8 Å². The number of H-pyrrole nitrogens is 1. The van der Waals surface area contributed by atoms with Crippen molar-refractivity contribution >= 4 is 29.2 Å². The monoisotopic (exact) mass is 565 g/mol. The molecule has 1 aliphatic rings. The number of aromatic amines is 1. The van der Waals surface area contributed by atoms with Crippen molar-refractivity contribution < 1.29 is 28.2 Å². The number of aliphatic carboxylic acids is 1. The van der Waals surface area contributed by atoms with Gasteiger partial charge in [-0.25, -0.2) is 18.2 Å². The summed E-state index contributed by atoms with van der Waals surface area (Å²) in [6.07, 6.45) is -0.0720. The second-order valence-electron chi connectivity index (χ2n) is 10.8. The summed E-state index contributed by atoms with van der Waals surface area (Å²) >= 11 is 5.83. The molecule has 4 rings (SSSR count). The number of pyridine rings is 1. The molecular formula is C27H31ClF3N5O3. The van der Waals surface area contributed by atoms with Crippen LogP contribution in [0.25, 0.3) is 0 Å². The summed E-state index contributed by atoms with van der Waals surface area (Å²) in [5, 5.41) is 30.6. The average Bonchev–Trinajstić information content (AvgIpc) is 3.26. The van der Waals surface area contributed by atoms with E-state index in [4.69, 9.17) is 11.6 Å². The molecule has 0 radical (unpaired) electrons. The van der Waals surface area contributed by atoms with Crippen molar-refractivity contribution in [2.45, 2.75) is 65.1 Å². The molecule has 39 heavy (non-hydrogen) atoms. The number of nitrogens with one attached hydrogen (secondary N) is 2. The molecule has 210 valence electrons. The molecule has 2 aromatic heterocycles. The summed E-state index contributed by atoms with van der Waals surface area (Å²) in [5.74, 6) is -2.86. The number of aliphatic hydroxyl groups is 1. The Morgan fingerprint density at radius 3 is 2.56 bits per heavy atom. The zero-order chi connectivity index (χ0) is 28.7. The minimum atomic E-state index is -1.57. The number of carbonyl (C=O) groups is 1. The largest absolute Gasteiger partial charge is 0.481 e. The Balaban J connectivity index is 1.64. The molecule has 0 spiro atoms. The van der Waals surface area contributed by atoms with E-state index in [1.807, 2.05) is 6.92 Å². The summed E-state index contributed by atoms with van der Waals surface area (Å²) in [6.45, 7) is 6.54. The highest BCUT2D eigenvalue weighted by Gasteiger charge is 2.46. The highest BCUT2D eigenvalue weighted by Crippen LogP contribution is 2.41. The number of aromatic nitrogens is 3.